The quantitative estimate of drug-likeness (QED) is 0.796. The van der Waals surface area contributed by atoms with Crippen LogP contribution in [0.3, 0.4) is 0 Å². The molecule has 0 aromatic carbocycles. The fourth-order valence-corrected chi connectivity index (χ4v) is 2.72. The molecule has 5 heteroatoms. The largest absolute Gasteiger partial charge is 0.598 e. The molecular formula is C10H18N2OS2. The van der Waals surface area contributed by atoms with Crippen molar-refractivity contribution in [1.29, 1.82) is 0 Å². The molecule has 0 spiro atoms. The van der Waals surface area contributed by atoms with Gasteiger partial charge < -0.3 is 10.3 Å². The minimum atomic E-state index is -1.08. The molecule has 1 aromatic heterocycles. The van der Waals surface area contributed by atoms with E-state index in [9.17, 15) is 4.55 Å². The van der Waals surface area contributed by atoms with Gasteiger partial charge in [0.1, 0.15) is 4.75 Å². The number of hydrogen-bond donors (Lipinski definition) is 2. The minimum absolute atomic E-state index is 0.00921. The van der Waals surface area contributed by atoms with Gasteiger partial charge in [-0.05, 0) is 32.2 Å². The first-order valence-corrected chi connectivity index (χ1v) is 6.89. The Kier molecular flexibility index (Phi) is 4.61. The third kappa shape index (κ3) is 3.77. The molecule has 1 rings (SSSR count). The molecule has 15 heavy (non-hydrogen) atoms. The highest BCUT2D eigenvalue weighted by Gasteiger charge is 2.29. The fourth-order valence-electron chi connectivity index (χ4n) is 1.02. The van der Waals surface area contributed by atoms with Crippen LogP contribution in [0.2, 0.25) is 0 Å². The van der Waals surface area contributed by atoms with E-state index in [0.29, 0.717) is 6.54 Å². The van der Waals surface area contributed by atoms with Crippen LogP contribution in [0.1, 0.15) is 31.7 Å². The molecule has 0 aliphatic carbocycles. The van der Waals surface area contributed by atoms with Crippen molar-refractivity contribution in [2.45, 2.75) is 31.6 Å². The van der Waals surface area contributed by atoms with E-state index in [1.165, 1.54) is 0 Å². The molecule has 2 unspecified atom stereocenters. The van der Waals surface area contributed by atoms with Gasteiger partial charge in [-0.3, -0.25) is 0 Å². The summed E-state index contributed by atoms with van der Waals surface area (Å²) < 4.78 is 14.7. The van der Waals surface area contributed by atoms with Gasteiger partial charge in [-0.2, -0.15) is 0 Å². The van der Waals surface area contributed by atoms with Crippen LogP contribution in [0.15, 0.2) is 17.5 Å². The van der Waals surface area contributed by atoms with Crippen LogP contribution in [0.5, 0.6) is 0 Å². The molecule has 0 amide bonds. The van der Waals surface area contributed by atoms with E-state index < -0.39 is 11.4 Å². The highest BCUT2D eigenvalue weighted by atomic mass is 32.2. The number of rotatable bonds is 4. The van der Waals surface area contributed by atoms with Crippen LogP contribution in [-0.4, -0.2) is 15.8 Å². The normalized spacial score (nSPS) is 16.3. The van der Waals surface area contributed by atoms with Gasteiger partial charge in [0, 0.05) is 22.8 Å². The predicted octanol–water partition coefficient (Wildman–Crippen LogP) is 1.80. The maximum Gasteiger partial charge on any atom is 0.136 e. The van der Waals surface area contributed by atoms with Crippen LogP contribution < -0.4 is 10.5 Å². The standard InChI is InChI=1S/C10H18N2OS2/c1-10(2,3)15(13)12-8(7-11)9-5-4-6-14-9/h4-6,8,12H,7,11H2,1-3H3. The zero-order chi connectivity index (χ0) is 11.5. The number of hydrogen-bond acceptors (Lipinski definition) is 4. The van der Waals surface area contributed by atoms with Gasteiger partial charge in [0.05, 0.1) is 6.04 Å². The molecule has 3 N–H and O–H groups in total. The van der Waals surface area contributed by atoms with Gasteiger partial charge in [-0.1, -0.05) is 6.07 Å². The van der Waals surface area contributed by atoms with Gasteiger partial charge in [0.15, 0.2) is 0 Å². The zero-order valence-electron chi connectivity index (χ0n) is 9.32. The molecule has 0 aliphatic heterocycles. The van der Waals surface area contributed by atoms with Gasteiger partial charge in [-0.25, -0.2) is 0 Å². The SMILES string of the molecule is CC(C)(C)[S+]([O-])NC(CN)c1cccs1. The molecule has 1 aromatic rings. The summed E-state index contributed by atoms with van der Waals surface area (Å²) in [7, 11) is 0. The van der Waals surface area contributed by atoms with E-state index in [0.717, 1.165) is 4.88 Å². The lowest BCUT2D eigenvalue weighted by Crippen LogP contribution is -2.43. The molecule has 0 bridgehead atoms. The second-order valence-electron chi connectivity index (χ2n) is 4.30. The van der Waals surface area contributed by atoms with Crippen molar-refractivity contribution in [3.63, 3.8) is 0 Å². The van der Waals surface area contributed by atoms with E-state index >= 15 is 0 Å². The first-order valence-electron chi connectivity index (χ1n) is 4.86. The fraction of sp³-hybridized carbons (Fsp3) is 0.600. The van der Waals surface area contributed by atoms with Crippen molar-refractivity contribution in [3.8, 4) is 0 Å². The molecule has 0 fully saturated rings. The number of nitrogens with one attached hydrogen (secondary N) is 1. The Bertz CT molecular complexity index is 282. The van der Waals surface area contributed by atoms with Crippen molar-refractivity contribution in [3.05, 3.63) is 22.4 Å². The summed E-state index contributed by atoms with van der Waals surface area (Å²) in [5.41, 5.74) is 5.67. The predicted molar refractivity (Wildman–Crippen MR) is 67.1 cm³/mol. The van der Waals surface area contributed by atoms with E-state index in [1.54, 1.807) is 11.3 Å². The summed E-state index contributed by atoms with van der Waals surface area (Å²) in [6.45, 7) is 6.29. The number of nitrogens with two attached hydrogens (primary N) is 1. The monoisotopic (exact) mass is 246 g/mol. The lowest BCUT2D eigenvalue weighted by Gasteiger charge is -2.26. The van der Waals surface area contributed by atoms with Crippen LogP contribution in [0.4, 0.5) is 0 Å². The van der Waals surface area contributed by atoms with Gasteiger partial charge in [0.2, 0.25) is 0 Å². The van der Waals surface area contributed by atoms with E-state index in [-0.39, 0.29) is 10.8 Å². The first kappa shape index (κ1) is 13.0. The maximum atomic E-state index is 11.9. The Morgan fingerprint density at radius 3 is 2.67 bits per heavy atom. The molecule has 2 atom stereocenters. The maximum absolute atomic E-state index is 11.9. The van der Waals surface area contributed by atoms with Crippen molar-refractivity contribution in [1.82, 2.24) is 4.72 Å². The molecule has 0 saturated heterocycles. The Morgan fingerprint density at radius 2 is 2.27 bits per heavy atom. The molecule has 0 radical (unpaired) electrons. The van der Waals surface area contributed by atoms with Crippen molar-refractivity contribution in [2.24, 2.45) is 5.73 Å². The third-order valence-corrected chi connectivity index (χ3v) is 4.52. The first-order chi connectivity index (χ1) is 6.95. The van der Waals surface area contributed by atoms with Crippen LogP contribution in [0.25, 0.3) is 0 Å². The van der Waals surface area contributed by atoms with Gasteiger partial charge in [0.25, 0.3) is 0 Å². The molecule has 0 aliphatic rings. The lowest BCUT2D eigenvalue weighted by atomic mass is 10.2. The smallest absolute Gasteiger partial charge is 0.136 e. The second-order valence-corrected chi connectivity index (χ2v) is 7.28. The van der Waals surface area contributed by atoms with Crippen molar-refractivity contribution < 1.29 is 4.55 Å². The molecule has 0 saturated carbocycles. The topological polar surface area (TPSA) is 61.1 Å². The lowest BCUT2D eigenvalue weighted by molar-refractivity contribution is 0.526. The van der Waals surface area contributed by atoms with E-state index in [1.807, 2.05) is 38.3 Å². The Balaban J connectivity index is 2.63. The Labute approximate surface area is 98.4 Å². The summed E-state index contributed by atoms with van der Waals surface area (Å²) in [5, 5.41) is 2.00. The van der Waals surface area contributed by atoms with Crippen molar-refractivity contribution >= 4 is 22.7 Å². The van der Waals surface area contributed by atoms with Crippen LogP contribution in [-0.2, 0) is 11.4 Å². The van der Waals surface area contributed by atoms with Gasteiger partial charge in [-0.15, -0.1) is 16.1 Å². The van der Waals surface area contributed by atoms with E-state index in [4.69, 9.17) is 5.73 Å². The van der Waals surface area contributed by atoms with E-state index in [2.05, 4.69) is 4.72 Å². The van der Waals surface area contributed by atoms with Crippen LogP contribution >= 0.6 is 11.3 Å². The highest BCUT2D eigenvalue weighted by molar-refractivity contribution is 7.90. The molecule has 3 nitrogen and oxygen atoms in total. The highest BCUT2D eigenvalue weighted by Crippen LogP contribution is 2.22. The average Bonchev–Trinajstić information content (AvgIpc) is 2.64. The molecular weight excluding hydrogens is 228 g/mol. The summed E-state index contributed by atoms with van der Waals surface area (Å²) in [6.07, 6.45) is 0. The van der Waals surface area contributed by atoms with Crippen molar-refractivity contribution in [2.75, 3.05) is 6.54 Å². The van der Waals surface area contributed by atoms with Crippen LogP contribution in [0, 0.1) is 0 Å². The summed E-state index contributed by atoms with van der Waals surface area (Å²) in [6, 6.07) is 3.98. The Morgan fingerprint density at radius 1 is 1.60 bits per heavy atom. The van der Waals surface area contributed by atoms with Gasteiger partial charge >= 0.3 is 0 Å². The second kappa shape index (κ2) is 5.32. The summed E-state index contributed by atoms with van der Waals surface area (Å²) >= 11 is 0.556. The third-order valence-electron chi connectivity index (χ3n) is 1.93. The summed E-state index contributed by atoms with van der Waals surface area (Å²) in [4.78, 5) is 1.13. The minimum Gasteiger partial charge on any atom is -0.598 e. The zero-order valence-corrected chi connectivity index (χ0v) is 11.0. The number of thiophene rings is 1. The Hall–Kier alpha value is -0.0700. The molecule has 1 heterocycles. The molecule has 86 valence electrons. The summed E-state index contributed by atoms with van der Waals surface area (Å²) in [5.74, 6) is 0. The average molecular weight is 246 g/mol.